The molecule has 0 spiro atoms. The second-order valence-corrected chi connectivity index (χ2v) is 5.39. The summed E-state index contributed by atoms with van der Waals surface area (Å²) in [7, 11) is 3.86. The molecule has 2 heterocycles. The molecule has 0 aromatic carbocycles. The van der Waals surface area contributed by atoms with Gasteiger partial charge in [-0.15, -0.1) is 0 Å². The number of anilines is 2. The van der Waals surface area contributed by atoms with Crippen LogP contribution in [0.4, 0.5) is 16.3 Å². The molecule has 1 N–H and O–H groups in total. The first-order valence-electron chi connectivity index (χ1n) is 6.80. The molecular weight excluding hydrogens is 256 g/mol. The van der Waals surface area contributed by atoms with Gasteiger partial charge in [-0.25, -0.2) is 9.78 Å². The van der Waals surface area contributed by atoms with Gasteiger partial charge in [0.25, 0.3) is 0 Å². The van der Waals surface area contributed by atoms with Crippen LogP contribution in [0.15, 0.2) is 18.3 Å². The van der Waals surface area contributed by atoms with Crippen molar-refractivity contribution in [2.75, 3.05) is 37.4 Å². The van der Waals surface area contributed by atoms with E-state index < -0.39 is 0 Å². The van der Waals surface area contributed by atoms with Crippen molar-refractivity contribution in [2.45, 2.75) is 26.1 Å². The Bertz CT molecular complexity index is 451. The molecular formula is C14H22N4O2. The van der Waals surface area contributed by atoms with Crippen molar-refractivity contribution in [3.05, 3.63) is 18.3 Å². The molecule has 2 unspecified atom stereocenters. The Labute approximate surface area is 119 Å². The Hall–Kier alpha value is -1.82. The number of morpholine rings is 1. The second-order valence-electron chi connectivity index (χ2n) is 5.39. The van der Waals surface area contributed by atoms with Gasteiger partial charge >= 0.3 is 6.03 Å². The zero-order chi connectivity index (χ0) is 14.7. The largest absolute Gasteiger partial charge is 0.372 e. The number of aromatic nitrogens is 1. The third kappa shape index (κ3) is 3.60. The fraction of sp³-hybridized carbons (Fsp3) is 0.571. The lowest BCUT2D eigenvalue weighted by atomic mass is 10.2. The maximum absolute atomic E-state index is 12.2. The Morgan fingerprint density at radius 1 is 1.35 bits per heavy atom. The lowest BCUT2D eigenvalue weighted by Gasteiger charge is -2.35. The SMILES string of the molecule is CC1CN(C(=O)Nc2ccc(N(C)C)nc2)CC(C)O1. The van der Waals surface area contributed by atoms with Crippen LogP contribution in [-0.4, -0.2) is 55.3 Å². The number of rotatable bonds is 2. The minimum Gasteiger partial charge on any atom is -0.372 e. The number of nitrogens with one attached hydrogen (secondary N) is 1. The molecule has 0 saturated carbocycles. The van der Waals surface area contributed by atoms with Crippen molar-refractivity contribution in [1.82, 2.24) is 9.88 Å². The zero-order valence-corrected chi connectivity index (χ0v) is 12.5. The van der Waals surface area contributed by atoms with Gasteiger partial charge in [0.1, 0.15) is 5.82 Å². The fourth-order valence-electron chi connectivity index (χ4n) is 2.27. The van der Waals surface area contributed by atoms with E-state index in [0.29, 0.717) is 18.8 Å². The summed E-state index contributed by atoms with van der Waals surface area (Å²) in [4.78, 5) is 20.2. The van der Waals surface area contributed by atoms with Crippen molar-refractivity contribution >= 4 is 17.5 Å². The standard InChI is InChI=1S/C14H22N4O2/c1-10-8-18(9-11(2)20-10)14(19)16-12-5-6-13(15-7-12)17(3)4/h5-7,10-11H,8-9H2,1-4H3,(H,16,19). The first kappa shape index (κ1) is 14.6. The summed E-state index contributed by atoms with van der Waals surface area (Å²) in [5.41, 5.74) is 0.701. The average molecular weight is 278 g/mol. The Morgan fingerprint density at radius 3 is 2.50 bits per heavy atom. The number of pyridine rings is 1. The molecule has 6 nitrogen and oxygen atoms in total. The van der Waals surface area contributed by atoms with Crippen LogP contribution in [0.5, 0.6) is 0 Å². The van der Waals surface area contributed by atoms with Crippen LogP contribution < -0.4 is 10.2 Å². The summed E-state index contributed by atoms with van der Waals surface area (Å²) in [6, 6.07) is 3.62. The summed E-state index contributed by atoms with van der Waals surface area (Å²) in [5.74, 6) is 0.858. The number of ether oxygens (including phenoxy) is 1. The molecule has 110 valence electrons. The van der Waals surface area contributed by atoms with Crippen molar-refractivity contribution in [3.63, 3.8) is 0 Å². The highest BCUT2D eigenvalue weighted by molar-refractivity contribution is 5.89. The predicted octanol–water partition coefficient (Wildman–Crippen LogP) is 1.79. The van der Waals surface area contributed by atoms with E-state index in [1.54, 1.807) is 11.1 Å². The first-order chi connectivity index (χ1) is 9.45. The summed E-state index contributed by atoms with van der Waals surface area (Å²) in [6.07, 6.45) is 1.80. The van der Waals surface area contributed by atoms with Gasteiger partial charge in [0.2, 0.25) is 0 Å². The first-order valence-corrected chi connectivity index (χ1v) is 6.80. The molecule has 6 heteroatoms. The maximum Gasteiger partial charge on any atom is 0.322 e. The number of amides is 2. The van der Waals surface area contributed by atoms with Crippen LogP contribution in [0.3, 0.4) is 0 Å². The highest BCUT2D eigenvalue weighted by Gasteiger charge is 2.25. The third-order valence-electron chi connectivity index (χ3n) is 3.16. The van der Waals surface area contributed by atoms with Gasteiger partial charge in [0, 0.05) is 27.2 Å². The number of hydrogen-bond acceptors (Lipinski definition) is 4. The zero-order valence-electron chi connectivity index (χ0n) is 12.5. The van der Waals surface area contributed by atoms with Gasteiger partial charge in [0.15, 0.2) is 0 Å². The molecule has 0 aliphatic carbocycles. The lowest BCUT2D eigenvalue weighted by Crippen LogP contribution is -2.49. The highest BCUT2D eigenvalue weighted by atomic mass is 16.5. The Morgan fingerprint density at radius 2 is 2.00 bits per heavy atom. The van der Waals surface area contributed by atoms with Gasteiger partial charge in [0.05, 0.1) is 24.1 Å². The van der Waals surface area contributed by atoms with Crippen molar-refractivity contribution < 1.29 is 9.53 Å². The second kappa shape index (κ2) is 6.09. The van der Waals surface area contributed by atoms with E-state index in [1.807, 2.05) is 45.0 Å². The van der Waals surface area contributed by atoms with Crippen LogP contribution in [0.2, 0.25) is 0 Å². The van der Waals surface area contributed by atoms with Crippen LogP contribution in [-0.2, 0) is 4.74 Å². The van der Waals surface area contributed by atoms with E-state index in [-0.39, 0.29) is 18.2 Å². The molecule has 1 fully saturated rings. The van der Waals surface area contributed by atoms with Crippen LogP contribution in [0, 0.1) is 0 Å². The molecule has 0 bridgehead atoms. The minimum absolute atomic E-state index is 0.0683. The maximum atomic E-state index is 12.2. The smallest absolute Gasteiger partial charge is 0.322 e. The van der Waals surface area contributed by atoms with Crippen molar-refractivity contribution in [3.8, 4) is 0 Å². The van der Waals surface area contributed by atoms with E-state index in [9.17, 15) is 4.79 Å². The van der Waals surface area contributed by atoms with Crippen molar-refractivity contribution in [2.24, 2.45) is 0 Å². The summed E-state index contributed by atoms with van der Waals surface area (Å²) >= 11 is 0. The van der Waals surface area contributed by atoms with Crippen molar-refractivity contribution in [1.29, 1.82) is 0 Å². The summed E-state index contributed by atoms with van der Waals surface area (Å²) < 4.78 is 5.62. The van der Waals surface area contributed by atoms with Gasteiger partial charge in [-0.05, 0) is 26.0 Å². The molecule has 1 aliphatic rings. The molecule has 1 aromatic rings. The van der Waals surface area contributed by atoms with E-state index in [2.05, 4.69) is 10.3 Å². The van der Waals surface area contributed by atoms with Crippen LogP contribution in [0.25, 0.3) is 0 Å². The number of hydrogen-bond donors (Lipinski definition) is 1. The summed E-state index contributed by atoms with van der Waals surface area (Å²) in [6.45, 7) is 5.17. The number of urea groups is 1. The molecule has 1 saturated heterocycles. The van der Waals surface area contributed by atoms with E-state index >= 15 is 0 Å². The minimum atomic E-state index is -0.105. The third-order valence-corrected chi connectivity index (χ3v) is 3.16. The molecule has 1 aliphatic heterocycles. The number of carbonyl (C=O) groups is 1. The predicted molar refractivity (Wildman–Crippen MR) is 79.2 cm³/mol. The fourth-order valence-corrected chi connectivity index (χ4v) is 2.27. The van der Waals surface area contributed by atoms with Gasteiger partial charge in [-0.1, -0.05) is 0 Å². The summed E-state index contributed by atoms with van der Waals surface area (Å²) in [5, 5.41) is 2.87. The molecule has 2 amide bonds. The molecule has 20 heavy (non-hydrogen) atoms. The van der Waals surface area contributed by atoms with Crippen LogP contribution in [0.1, 0.15) is 13.8 Å². The monoisotopic (exact) mass is 278 g/mol. The topological polar surface area (TPSA) is 57.7 Å². The van der Waals surface area contributed by atoms with E-state index in [1.165, 1.54) is 0 Å². The molecule has 2 rings (SSSR count). The normalized spacial score (nSPS) is 22.5. The Kier molecular flexibility index (Phi) is 4.44. The Balaban J connectivity index is 1.97. The van der Waals surface area contributed by atoms with Gasteiger partial charge in [-0.3, -0.25) is 0 Å². The highest BCUT2D eigenvalue weighted by Crippen LogP contribution is 2.15. The molecule has 0 radical (unpaired) electrons. The molecule has 1 aromatic heterocycles. The van der Waals surface area contributed by atoms with E-state index in [4.69, 9.17) is 4.74 Å². The number of nitrogens with zero attached hydrogens (tertiary/aromatic N) is 3. The average Bonchev–Trinajstić information content (AvgIpc) is 2.38. The lowest BCUT2D eigenvalue weighted by molar-refractivity contribution is -0.0530. The van der Waals surface area contributed by atoms with Gasteiger partial charge in [-0.2, -0.15) is 0 Å². The number of carbonyl (C=O) groups excluding carboxylic acids is 1. The van der Waals surface area contributed by atoms with Gasteiger partial charge < -0.3 is 19.9 Å². The van der Waals surface area contributed by atoms with E-state index in [0.717, 1.165) is 5.82 Å². The quantitative estimate of drug-likeness (QED) is 0.896. The molecule has 2 atom stereocenters. The van der Waals surface area contributed by atoms with Crippen LogP contribution >= 0.6 is 0 Å².